The highest BCUT2D eigenvalue weighted by atomic mass is 35.5. The Morgan fingerprint density at radius 2 is 1.86 bits per heavy atom. The fraction of sp³-hybridized carbons (Fsp3) is 0.462. The molecule has 1 fully saturated rings. The van der Waals surface area contributed by atoms with Crippen molar-refractivity contribution >= 4 is 11.6 Å². The summed E-state index contributed by atoms with van der Waals surface area (Å²) in [7, 11) is 0. The van der Waals surface area contributed by atoms with Crippen LogP contribution in [0.4, 0.5) is 13.2 Å². The van der Waals surface area contributed by atoms with E-state index >= 15 is 0 Å². The van der Waals surface area contributed by atoms with E-state index in [0.29, 0.717) is 17.7 Å². The van der Waals surface area contributed by atoms with E-state index in [1.807, 2.05) is 12.3 Å². The normalized spacial score (nSPS) is 15.3. The molecule has 3 aromatic rings. The average Bonchev–Trinajstić information content (AvgIpc) is 3.19. The van der Waals surface area contributed by atoms with Crippen LogP contribution in [0.15, 0.2) is 53.6 Å². The Labute approximate surface area is 213 Å². The molecule has 0 radical (unpaired) electrons. The van der Waals surface area contributed by atoms with Gasteiger partial charge in [0.2, 0.25) is 0 Å². The summed E-state index contributed by atoms with van der Waals surface area (Å²) in [6.45, 7) is 2.86. The third-order valence-electron chi connectivity index (χ3n) is 6.72. The molecule has 2 aromatic heterocycles. The van der Waals surface area contributed by atoms with Crippen molar-refractivity contribution < 1.29 is 17.9 Å². The lowest BCUT2D eigenvalue weighted by molar-refractivity contribution is -0.274. The van der Waals surface area contributed by atoms with E-state index in [9.17, 15) is 18.0 Å². The predicted molar refractivity (Wildman–Crippen MR) is 133 cm³/mol. The zero-order chi connectivity index (χ0) is 25.5. The number of benzene rings is 1. The summed E-state index contributed by atoms with van der Waals surface area (Å²) < 4.78 is 42.4. The lowest BCUT2D eigenvalue weighted by Gasteiger charge is -2.32. The van der Waals surface area contributed by atoms with E-state index in [-0.39, 0.29) is 17.2 Å². The number of ether oxygens (including phenoxy) is 1. The van der Waals surface area contributed by atoms with E-state index < -0.39 is 6.36 Å². The van der Waals surface area contributed by atoms with Gasteiger partial charge in [-0.15, -0.1) is 24.8 Å². The number of hydrogen-bond donors (Lipinski definition) is 1. The van der Waals surface area contributed by atoms with Gasteiger partial charge >= 0.3 is 6.36 Å². The first kappa shape index (κ1) is 26.3. The van der Waals surface area contributed by atoms with Crippen LogP contribution in [-0.4, -0.2) is 45.7 Å². The number of halogens is 4. The molecule has 36 heavy (non-hydrogen) atoms. The molecule has 194 valence electrons. The molecule has 10 heteroatoms. The molecule has 1 N–H and O–H groups in total. The third-order valence-corrected chi connectivity index (χ3v) is 6.99. The number of alkyl halides is 4. The van der Waals surface area contributed by atoms with E-state index in [0.717, 1.165) is 37.7 Å². The lowest BCUT2D eigenvalue weighted by atomic mass is 9.91. The number of H-pyrrole nitrogens is 1. The second kappa shape index (κ2) is 12.0. The molecular formula is C26H30ClF3N4O2. The van der Waals surface area contributed by atoms with Crippen molar-refractivity contribution in [2.24, 2.45) is 5.92 Å². The average molecular weight is 523 g/mol. The van der Waals surface area contributed by atoms with Gasteiger partial charge < -0.3 is 9.64 Å². The van der Waals surface area contributed by atoms with Gasteiger partial charge in [0.15, 0.2) is 0 Å². The number of aromatic amines is 1. The van der Waals surface area contributed by atoms with Crippen molar-refractivity contribution in [3.8, 4) is 11.4 Å². The number of pyridine rings is 1. The van der Waals surface area contributed by atoms with Crippen molar-refractivity contribution in [2.75, 3.05) is 19.6 Å². The Balaban J connectivity index is 1.28. The van der Waals surface area contributed by atoms with E-state index in [4.69, 9.17) is 11.6 Å². The maximum atomic E-state index is 12.9. The Morgan fingerprint density at radius 3 is 2.50 bits per heavy atom. The fourth-order valence-corrected chi connectivity index (χ4v) is 5.03. The van der Waals surface area contributed by atoms with Crippen LogP contribution in [0.25, 0.3) is 5.69 Å². The van der Waals surface area contributed by atoms with Gasteiger partial charge in [0.1, 0.15) is 5.75 Å². The van der Waals surface area contributed by atoms with Crippen LogP contribution in [0.3, 0.4) is 0 Å². The maximum absolute atomic E-state index is 12.9. The van der Waals surface area contributed by atoms with Gasteiger partial charge in [-0.3, -0.25) is 14.9 Å². The van der Waals surface area contributed by atoms with Crippen LogP contribution in [0.5, 0.6) is 5.75 Å². The van der Waals surface area contributed by atoms with Gasteiger partial charge in [-0.2, -0.15) is 0 Å². The van der Waals surface area contributed by atoms with Crippen LogP contribution >= 0.6 is 11.6 Å². The van der Waals surface area contributed by atoms with E-state index in [1.54, 1.807) is 6.20 Å². The molecule has 0 amide bonds. The number of likely N-dealkylation sites (tertiary alicyclic amines) is 1. The smallest absolute Gasteiger partial charge is 0.406 e. The molecule has 1 aliphatic heterocycles. The first-order valence-corrected chi connectivity index (χ1v) is 12.7. The van der Waals surface area contributed by atoms with Crippen LogP contribution in [0.1, 0.15) is 42.5 Å². The van der Waals surface area contributed by atoms with E-state index in [2.05, 4.69) is 25.8 Å². The summed E-state index contributed by atoms with van der Waals surface area (Å²) in [6.07, 6.45) is 5.41. The summed E-state index contributed by atoms with van der Waals surface area (Å²) in [6, 6.07) is 9.27. The SMILES string of the molecule is O=c1c(CCl)c(CCN2CCC(CCCc3cccnc3)CC2)[nH]n1-c1ccc(OC(F)(F)F)cc1. The molecule has 1 aliphatic rings. The number of aromatic nitrogens is 3. The Morgan fingerprint density at radius 1 is 1.11 bits per heavy atom. The molecule has 6 nitrogen and oxygen atoms in total. The number of nitrogens with zero attached hydrogens (tertiary/aromatic N) is 3. The highest BCUT2D eigenvalue weighted by Gasteiger charge is 2.31. The quantitative estimate of drug-likeness (QED) is 0.358. The van der Waals surface area contributed by atoms with Crippen LogP contribution in [-0.2, 0) is 18.7 Å². The minimum Gasteiger partial charge on any atom is -0.406 e. The molecule has 0 saturated carbocycles. The molecular weight excluding hydrogens is 493 g/mol. The van der Waals surface area contributed by atoms with Gasteiger partial charge in [0.25, 0.3) is 5.56 Å². The number of nitrogens with one attached hydrogen (secondary N) is 1. The number of hydrogen-bond acceptors (Lipinski definition) is 4. The van der Waals surface area contributed by atoms with Crippen LogP contribution in [0.2, 0.25) is 0 Å². The van der Waals surface area contributed by atoms with Crippen molar-refractivity contribution in [1.29, 1.82) is 0 Å². The molecule has 1 saturated heterocycles. The second-order valence-electron chi connectivity index (χ2n) is 9.17. The highest BCUT2D eigenvalue weighted by molar-refractivity contribution is 6.17. The van der Waals surface area contributed by atoms with Crippen molar-refractivity contribution in [3.63, 3.8) is 0 Å². The monoisotopic (exact) mass is 522 g/mol. The minimum atomic E-state index is -4.77. The fourth-order valence-electron chi connectivity index (χ4n) is 4.75. The molecule has 0 bridgehead atoms. The first-order chi connectivity index (χ1) is 17.3. The molecule has 0 spiro atoms. The van der Waals surface area contributed by atoms with Crippen molar-refractivity contribution in [1.82, 2.24) is 19.7 Å². The van der Waals surface area contributed by atoms with E-state index in [1.165, 1.54) is 60.2 Å². The molecule has 4 rings (SSSR count). The number of aryl methyl sites for hydroxylation is 1. The third kappa shape index (κ3) is 7.13. The topological polar surface area (TPSA) is 63.2 Å². The maximum Gasteiger partial charge on any atom is 0.573 e. The molecule has 0 aliphatic carbocycles. The van der Waals surface area contributed by atoms with Crippen LogP contribution < -0.4 is 10.3 Å². The number of rotatable bonds is 10. The van der Waals surface area contributed by atoms with Gasteiger partial charge in [-0.05, 0) is 80.6 Å². The summed E-state index contributed by atoms with van der Waals surface area (Å²) in [5.41, 5.74) is 2.65. The molecule has 0 atom stereocenters. The second-order valence-corrected chi connectivity index (χ2v) is 9.44. The Kier molecular flexibility index (Phi) is 8.74. The van der Waals surface area contributed by atoms with Gasteiger partial charge in [-0.25, -0.2) is 4.68 Å². The predicted octanol–water partition coefficient (Wildman–Crippen LogP) is 5.48. The standard InChI is InChI=1S/C26H30ClF3N4O2/c27-17-23-24(32-34(25(23)35)21-6-8-22(9-7-21)36-26(28,29)30)12-16-33-14-10-19(11-15-33)3-1-4-20-5-2-13-31-18-20/h2,5-9,13,18-19,32H,1,3-4,10-12,14-17H2. The minimum absolute atomic E-state index is 0.0615. The summed E-state index contributed by atoms with van der Waals surface area (Å²) in [5, 5.41) is 3.10. The van der Waals surface area contributed by atoms with Gasteiger partial charge in [0, 0.05) is 31.1 Å². The highest BCUT2D eigenvalue weighted by Crippen LogP contribution is 2.25. The molecule has 1 aromatic carbocycles. The molecule has 3 heterocycles. The summed E-state index contributed by atoms with van der Waals surface area (Å²) in [5.74, 6) is 0.456. The summed E-state index contributed by atoms with van der Waals surface area (Å²) in [4.78, 5) is 19.4. The zero-order valence-corrected chi connectivity index (χ0v) is 20.7. The van der Waals surface area contributed by atoms with Crippen molar-refractivity contribution in [2.45, 2.75) is 50.8 Å². The number of piperidine rings is 1. The summed E-state index contributed by atoms with van der Waals surface area (Å²) >= 11 is 6.07. The van der Waals surface area contributed by atoms with Crippen molar-refractivity contribution in [3.05, 3.63) is 76.0 Å². The molecule has 0 unspecified atom stereocenters. The zero-order valence-electron chi connectivity index (χ0n) is 19.9. The van der Waals surface area contributed by atoms with Gasteiger partial charge in [-0.1, -0.05) is 12.5 Å². The van der Waals surface area contributed by atoms with Gasteiger partial charge in [0.05, 0.1) is 17.1 Å². The van der Waals surface area contributed by atoms with Crippen LogP contribution in [0, 0.1) is 5.92 Å². The Bertz CT molecular complexity index is 1150. The largest absolute Gasteiger partial charge is 0.573 e. The lowest BCUT2D eigenvalue weighted by Crippen LogP contribution is -2.35. The first-order valence-electron chi connectivity index (χ1n) is 12.2. The Hall–Kier alpha value is -2.78.